The van der Waals surface area contributed by atoms with Gasteiger partial charge in [0.1, 0.15) is 26.8 Å². The normalized spacial score (nSPS) is 14.0. The van der Waals surface area contributed by atoms with Crippen LogP contribution >= 0.6 is 22.7 Å². The van der Waals surface area contributed by atoms with E-state index >= 15 is 0 Å². The van der Waals surface area contributed by atoms with E-state index in [4.69, 9.17) is 14.1 Å². The second-order valence-corrected chi connectivity index (χ2v) is 12.3. The van der Waals surface area contributed by atoms with Crippen molar-refractivity contribution >= 4 is 51.6 Å². The third-order valence-electron chi connectivity index (χ3n) is 6.42. The minimum Gasteiger partial charge on any atom is -0.454 e. The van der Waals surface area contributed by atoms with E-state index in [0.29, 0.717) is 56.2 Å². The minimum absolute atomic E-state index is 0.0239. The zero-order chi connectivity index (χ0) is 28.3. The third kappa shape index (κ3) is 6.53. The second kappa shape index (κ2) is 11.8. The Morgan fingerprint density at radius 2 is 1.80 bits per heavy atom. The summed E-state index contributed by atoms with van der Waals surface area (Å²) in [6.45, 7) is 7.76. The lowest BCUT2D eigenvalue weighted by molar-refractivity contribution is -0.133. The number of hydrogen-bond acceptors (Lipinski definition) is 8. The maximum atomic E-state index is 13.0. The Morgan fingerprint density at radius 3 is 2.55 bits per heavy atom. The fraction of sp³-hybridized carbons (Fsp3) is 0.379. The van der Waals surface area contributed by atoms with Gasteiger partial charge in [-0.15, -0.1) is 22.7 Å². The van der Waals surface area contributed by atoms with E-state index in [2.05, 4.69) is 5.32 Å². The van der Waals surface area contributed by atoms with Crippen molar-refractivity contribution in [3.8, 4) is 22.0 Å². The Morgan fingerprint density at radius 1 is 1.05 bits per heavy atom. The van der Waals surface area contributed by atoms with E-state index in [1.54, 1.807) is 9.80 Å². The van der Waals surface area contributed by atoms with Crippen LogP contribution in [0.4, 0.5) is 4.79 Å². The first-order chi connectivity index (χ1) is 19.2. The first-order valence-corrected chi connectivity index (χ1v) is 15.0. The molecule has 0 unspecified atom stereocenters. The van der Waals surface area contributed by atoms with Gasteiger partial charge in [0, 0.05) is 55.5 Å². The van der Waals surface area contributed by atoms with Crippen LogP contribution in [0.5, 0.6) is 0 Å². The summed E-state index contributed by atoms with van der Waals surface area (Å²) in [5.74, 6) is 0.542. The highest BCUT2D eigenvalue weighted by atomic mass is 32.1. The number of carbonyl (C=O) groups is 3. The fourth-order valence-electron chi connectivity index (χ4n) is 4.42. The standard InChI is InChI=1S/C29H32N4O5S2/c1-29(2,3)38-28(36)33-14-12-32(13-15-33)24(34)9-6-11-30-26(35)25-20(10-16-39-25)27-31-21(18-40-27)23-17-19-7-4-5-8-22(19)37-23/h4-5,7-8,10,16-18H,6,9,11-15H2,1-3H3,(H,30,35). The van der Waals surface area contributed by atoms with Crippen molar-refractivity contribution in [2.75, 3.05) is 32.7 Å². The molecule has 1 saturated heterocycles. The van der Waals surface area contributed by atoms with Gasteiger partial charge in [-0.25, -0.2) is 9.78 Å². The van der Waals surface area contributed by atoms with Gasteiger partial charge in [0.2, 0.25) is 5.91 Å². The van der Waals surface area contributed by atoms with E-state index in [1.165, 1.54) is 22.7 Å². The molecule has 40 heavy (non-hydrogen) atoms. The summed E-state index contributed by atoms with van der Waals surface area (Å²) < 4.78 is 11.3. The van der Waals surface area contributed by atoms with Gasteiger partial charge in [-0.2, -0.15) is 0 Å². The van der Waals surface area contributed by atoms with Crippen molar-refractivity contribution in [1.29, 1.82) is 0 Å². The molecule has 1 aromatic carbocycles. The zero-order valence-electron chi connectivity index (χ0n) is 22.8. The van der Waals surface area contributed by atoms with E-state index in [0.717, 1.165) is 27.2 Å². The number of furan rings is 1. The monoisotopic (exact) mass is 580 g/mol. The average Bonchev–Trinajstić information content (AvgIpc) is 3.68. The van der Waals surface area contributed by atoms with Gasteiger partial charge in [0.15, 0.2) is 5.76 Å². The van der Waals surface area contributed by atoms with Crippen molar-refractivity contribution in [1.82, 2.24) is 20.1 Å². The van der Waals surface area contributed by atoms with Gasteiger partial charge in [-0.05, 0) is 50.8 Å². The van der Waals surface area contributed by atoms with Crippen LogP contribution in [-0.4, -0.2) is 71.0 Å². The second-order valence-electron chi connectivity index (χ2n) is 10.6. The van der Waals surface area contributed by atoms with Crippen LogP contribution in [-0.2, 0) is 9.53 Å². The number of thiazole rings is 1. The quantitative estimate of drug-likeness (QED) is 0.274. The molecule has 0 bridgehead atoms. The van der Waals surface area contributed by atoms with Crippen LogP contribution in [0.15, 0.2) is 51.6 Å². The number of fused-ring (bicyclic) bond motifs is 1. The van der Waals surface area contributed by atoms with E-state index in [9.17, 15) is 14.4 Å². The highest BCUT2D eigenvalue weighted by Crippen LogP contribution is 2.35. The molecule has 9 nitrogen and oxygen atoms in total. The molecule has 4 heterocycles. The molecule has 1 aliphatic heterocycles. The van der Waals surface area contributed by atoms with E-state index in [-0.39, 0.29) is 17.9 Å². The first kappa shape index (κ1) is 27.9. The van der Waals surface area contributed by atoms with E-state index < -0.39 is 5.60 Å². The van der Waals surface area contributed by atoms with Gasteiger partial charge in [0.25, 0.3) is 5.91 Å². The lowest BCUT2D eigenvalue weighted by atomic mass is 10.2. The van der Waals surface area contributed by atoms with Crippen molar-refractivity contribution < 1.29 is 23.5 Å². The van der Waals surface area contributed by atoms with Gasteiger partial charge in [-0.3, -0.25) is 9.59 Å². The van der Waals surface area contributed by atoms with Gasteiger partial charge < -0.3 is 24.3 Å². The average molecular weight is 581 g/mol. The number of thiophene rings is 1. The summed E-state index contributed by atoms with van der Waals surface area (Å²) in [5.41, 5.74) is 1.79. The molecule has 11 heteroatoms. The predicted octanol–water partition coefficient (Wildman–Crippen LogP) is 5.87. The molecular weight excluding hydrogens is 548 g/mol. The van der Waals surface area contributed by atoms with Crippen LogP contribution in [0.3, 0.4) is 0 Å². The molecule has 1 aliphatic rings. The molecule has 3 amide bonds. The molecule has 1 N–H and O–H groups in total. The number of ether oxygens (including phenoxy) is 1. The highest BCUT2D eigenvalue weighted by Gasteiger charge is 2.27. The topological polar surface area (TPSA) is 105 Å². The Bertz CT molecular complexity index is 1470. The van der Waals surface area contributed by atoms with Crippen LogP contribution in [0, 0.1) is 0 Å². The number of benzene rings is 1. The lowest BCUT2D eigenvalue weighted by Gasteiger charge is -2.35. The number of para-hydroxylation sites is 1. The maximum Gasteiger partial charge on any atom is 0.410 e. The van der Waals surface area contributed by atoms with Gasteiger partial charge in [0.05, 0.1) is 0 Å². The SMILES string of the molecule is CC(C)(C)OC(=O)N1CCN(C(=O)CCCNC(=O)c2sccc2-c2nc(-c3cc4ccccc4o3)cs2)CC1. The van der Waals surface area contributed by atoms with Crippen molar-refractivity contribution in [2.24, 2.45) is 0 Å². The van der Waals surface area contributed by atoms with Crippen molar-refractivity contribution in [2.45, 2.75) is 39.2 Å². The third-order valence-corrected chi connectivity index (χ3v) is 8.21. The molecule has 3 aromatic heterocycles. The minimum atomic E-state index is -0.545. The van der Waals surface area contributed by atoms with Crippen LogP contribution in [0.25, 0.3) is 33.0 Å². The summed E-state index contributed by atoms with van der Waals surface area (Å²) in [6.07, 6.45) is 0.515. The number of nitrogens with zero attached hydrogens (tertiary/aromatic N) is 3. The molecule has 0 aliphatic carbocycles. The first-order valence-electron chi connectivity index (χ1n) is 13.2. The highest BCUT2D eigenvalue weighted by molar-refractivity contribution is 7.15. The molecule has 210 valence electrons. The summed E-state index contributed by atoms with van der Waals surface area (Å²) >= 11 is 2.84. The number of carbonyl (C=O) groups excluding carboxylic acids is 3. The molecule has 0 radical (unpaired) electrons. The molecule has 0 saturated carbocycles. The smallest absolute Gasteiger partial charge is 0.410 e. The molecule has 1 fully saturated rings. The van der Waals surface area contributed by atoms with Crippen molar-refractivity contribution in [3.63, 3.8) is 0 Å². The predicted molar refractivity (Wildman–Crippen MR) is 157 cm³/mol. The zero-order valence-corrected chi connectivity index (χ0v) is 24.4. The summed E-state index contributed by atoms with van der Waals surface area (Å²) in [6, 6.07) is 11.7. The number of piperazine rings is 1. The van der Waals surface area contributed by atoms with Crippen LogP contribution in [0.1, 0.15) is 43.3 Å². The maximum absolute atomic E-state index is 13.0. The molecule has 0 spiro atoms. The van der Waals surface area contributed by atoms with Crippen LogP contribution < -0.4 is 5.32 Å². The van der Waals surface area contributed by atoms with Gasteiger partial charge in [-0.1, -0.05) is 18.2 Å². The largest absolute Gasteiger partial charge is 0.454 e. The van der Waals surface area contributed by atoms with Crippen molar-refractivity contribution in [3.05, 3.63) is 52.0 Å². The Kier molecular flexibility index (Phi) is 8.22. The Hall–Kier alpha value is -3.70. The Labute approximate surface area is 240 Å². The number of nitrogens with one attached hydrogen (secondary N) is 1. The fourth-order valence-corrected chi connectivity index (χ4v) is 6.13. The molecule has 0 atom stereocenters. The van der Waals surface area contributed by atoms with E-state index in [1.807, 2.05) is 67.9 Å². The molecule has 5 rings (SSSR count). The summed E-state index contributed by atoms with van der Waals surface area (Å²) in [7, 11) is 0. The van der Waals surface area contributed by atoms with Gasteiger partial charge >= 0.3 is 6.09 Å². The summed E-state index contributed by atoms with van der Waals surface area (Å²) in [4.78, 5) is 46.6. The number of aromatic nitrogens is 1. The molecular formula is C29H32N4O5S2. The lowest BCUT2D eigenvalue weighted by Crippen LogP contribution is -2.51. The number of hydrogen-bond donors (Lipinski definition) is 1. The number of amides is 3. The summed E-state index contributed by atoms with van der Waals surface area (Å²) in [5, 5.41) is 8.53. The number of rotatable bonds is 7. The molecule has 4 aromatic rings. The van der Waals surface area contributed by atoms with Crippen LogP contribution in [0.2, 0.25) is 0 Å². The Balaban J connectivity index is 1.09.